The molecule has 0 saturated heterocycles. The summed E-state index contributed by atoms with van der Waals surface area (Å²) in [5.41, 5.74) is 0.0473. The Hall–Kier alpha value is -2.24. The Morgan fingerprint density at radius 2 is 2.15 bits per heavy atom. The molecule has 0 radical (unpaired) electrons. The predicted molar refractivity (Wildman–Crippen MR) is 68.8 cm³/mol. The van der Waals surface area contributed by atoms with Gasteiger partial charge in [0, 0.05) is 6.07 Å². The van der Waals surface area contributed by atoms with E-state index < -0.39 is 29.6 Å². The fourth-order valence-electron chi connectivity index (χ4n) is 1.61. The van der Waals surface area contributed by atoms with Gasteiger partial charge in [0.25, 0.3) is 0 Å². The first-order chi connectivity index (χ1) is 9.47. The largest absolute Gasteiger partial charge is 0.467 e. The van der Waals surface area contributed by atoms with E-state index in [2.05, 4.69) is 16.6 Å². The maximum Gasteiger partial charge on any atom is 0.328 e. The quantitative estimate of drug-likeness (QED) is 0.639. The highest BCUT2D eigenvalue weighted by atomic mass is 19.1. The first-order valence-electron chi connectivity index (χ1n) is 5.90. The molecule has 0 saturated carbocycles. The fraction of sp³-hybridized carbons (Fsp3) is 0.286. The van der Waals surface area contributed by atoms with E-state index in [-0.39, 0.29) is 18.4 Å². The first-order valence-corrected chi connectivity index (χ1v) is 5.90. The number of hydrogen-bond donors (Lipinski definition) is 1. The summed E-state index contributed by atoms with van der Waals surface area (Å²) in [6.45, 7) is 3.47. The first kappa shape index (κ1) is 15.8. The normalized spacial score (nSPS) is 11.6. The summed E-state index contributed by atoms with van der Waals surface area (Å²) in [6, 6.07) is 2.08. The third-order valence-corrected chi connectivity index (χ3v) is 2.59. The lowest BCUT2D eigenvalue weighted by atomic mass is 10.1. The Morgan fingerprint density at radius 3 is 2.70 bits per heavy atom. The number of benzene rings is 1. The van der Waals surface area contributed by atoms with E-state index in [9.17, 15) is 18.4 Å². The van der Waals surface area contributed by atoms with Gasteiger partial charge in [0.1, 0.15) is 17.7 Å². The molecule has 0 heterocycles. The summed E-state index contributed by atoms with van der Waals surface area (Å²) < 4.78 is 30.7. The van der Waals surface area contributed by atoms with Gasteiger partial charge >= 0.3 is 5.97 Å². The molecule has 1 aromatic rings. The van der Waals surface area contributed by atoms with Crippen molar-refractivity contribution in [3.63, 3.8) is 0 Å². The van der Waals surface area contributed by atoms with E-state index >= 15 is 0 Å². The molecule has 0 fully saturated rings. The molecule has 1 atom stereocenters. The van der Waals surface area contributed by atoms with Gasteiger partial charge in [-0.15, -0.1) is 6.58 Å². The minimum Gasteiger partial charge on any atom is -0.467 e. The molecule has 0 aliphatic carbocycles. The lowest BCUT2D eigenvalue weighted by Gasteiger charge is -2.14. The van der Waals surface area contributed by atoms with Gasteiger partial charge < -0.3 is 10.1 Å². The van der Waals surface area contributed by atoms with Gasteiger partial charge in [0.2, 0.25) is 5.91 Å². The summed E-state index contributed by atoms with van der Waals surface area (Å²) in [6.07, 6.45) is 1.36. The molecule has 0 spiro atoms. The van der Waals surface area contributed by atoms with Gasteiger partial charge in [0.05, 0.1) is 13.5 Å². The molecule has 1 N–H and O–H groups in total. The molecule has 0 unspecified atom stereocenters. The lowest BCUT2D eigenvalue weighted by Crippen LogP contribution is -2.41. The number of amides is 1. The number of hydrogen-bond acceptors (Lipinski definition) is 3. The number of ether oxygens (including phenoxy) is 1. The topological polar surface area (TPSA) is 55.4 Å². The molecule has 0 aromatic heterocycles. The number of rotatable bonds is 6. The van der Waals surface area contributed by atoms with Crippen LogP contribution in [-0.2, 0) is 20.7 Å². The van der Waals surface area contributed by atoms with Crippen LogP contribution in [0.25, 0.3) is 0 Å². The minimum atomic E-state index is -0.867. The van der Waals surface area contributed by atoms with E-state index in [1.807, 2.05) is 0 Å². The monoisotopic (exact) mass is 283 g/mol. The molecule has 1 aromatic carbocycles. The van der Waals surface area contributed by atoms with Crippen LogP contribution in [0.15, 0.2) is 30.9 Å². The van der Waals surface area contributed by atoms with Crippen molar-refractivity contribution in [3.05, 3.63) is 48.1 Å². The van der Waals surface area contributed by atoms with Gasteiger partial charge in [-0.3, -0.25) is 4.79 Å². The molecule has 1 rings (SSSR count). The molecule has 108 valence electrons. The van der Waals surface area contributed by atoms with Crippen molar-refractivity contribution in [3.8, 4) is 0 Å². The number of esters is 1. The Balaban J connectivity index is 2.70. The second-order valence-electron chi connectivity index (χ2n) is 4.08. The Kier molecular flexibility index (Phi) is 5.83. The van der Waals surface area contributed by atoms with Crippen molar-refractivity contribution in [1.29, 1.82) is 0 Å². The lowest BCUT2D eigenvalue weighted by molar-refractivity contribution is -0.144. The SMILES string of the molecule is C=CC[C@H](NC(=O)Cc1ccc(F)cc1F)C(=O)OC. The van der Waals surface area contributed by atoms with Crippen LogP contribution in [0, 0.1) is 11.6 Å². The fourth-order valence-corrected chi connectivity index (χ4v) is 1.61. The predicted octanol–water partition coefficient (Wildman–Crippen LogP) is 1.74. The van der Waals surface area contributed by atoms with Gasteiger partial charge in [-0.2, -0.15) is 0 Å². The highest BCUT2D eigenvalue weighted by molar-refractivity contribution is 5.85. The molecule has 0 aliphatic rings. The molecule has 1 amide bonds. The summed E-state index contributed by atoms with van der Waals surface area (Å²) in [5, 5.41) is 2.41. The van der Waals surface area contributed by atoms with Crippen LogP contribution in [0.5, 0.6) is 0 Å². The van der Waals surface area contributed by atoms with Gasteiger partial charge in [-0.05, 0) is 18.1 Å². The van der Waals surface area contributed by atoms with Crippen molar-refractivity contribution < 1.29 is 23.1 Å². The molecular formula is C14H15F2NO3. The number of nitrogens with one attached hydrogen (secondary N) is 1. The number of halogens is 2. The Labute approximate surface area is 115 Å². The van der Waals surface area contributed by atoms with Crippen molar-refractivity contribution in [2.24, 2.45) is 0 Å². The third-order valence-electron chi connectivity index (χ3n) is 2.59. The highest BCUT2D eigenvalue weighted by Crippen LogP contribution is 2.10. The van der Waals surface area contributed by atoms with Crippen LogP contribution in [-0.4, -0.2) is 25.0 Å². The average Bonchev–Trinajstić information content (AvgIpc) is 2.40. The van der Waals surface area contributed by atoms with Crippen LogP contribution in [0.2, 0.25) is 0 Å². The van der Waals surface area contributed by atoms with Crippen LogP contribution in [0.4, 0.5) is 8.78 Å². The van der Waals surface area contributed by atoms with E-state index in [0.29, 0.717) is 6.07 Å². The van der Waals surface area contributed by atoms with Crippen molar-refractivity contribution in [2.45, 2.75) is 18.9 Å². The van der Waals surface area contributed by atoms with E-state index in [0.717, 1.165) is 6.07 Å². The van der Waals surface area contributed by atoms with E-state index in [1.165, 1.54) is 19.3 Å². The molecular weight excluding hydrogens is 268 g/mol. The van der Waals surface area contributed by atoms with Crippen LogP contribution in [0.1, 0.15) is 12.0 Å². The summed E-state index contributed by atoms with van der Waals surface area (Å²) >= 11 is 0. The van der Waals surface area contributed by atoms with Crippen molar-refractivity contribution >= 4 is 11.9 Å². The maximum atomic E-state index is 13.4. The minimum absolute atomic E-state index is 0.0473. The number of methoxy groups -OCH3 is 1. The second kappa shape index (κ2) is 7.37. The number of carbonyl (C=O) groups excluding carboxylic acids is 2. The number of carbonyl (C=O) groups is 2. The standard InChI is InChI=1S/C14H15F2NO3/c1-3-4-12(14(19)20-2)17-13(18)7-9-5-6-10(15)8-11(9)16/h3,5-6,8,12H,1,4,7H2,2H3,(H,17,18)/t12-/m0/s1. The summed E-state index contributed by atoms with van der Waals surface area (Å²) in [4.78, 5) is 23.1. The molecule has 4 nitrogen and oxygen atoms in total. The van der Waals surface area contributed by atoms with Crippen LogP contribution in [0.3, 0.4) is 0 Å². The van der Waals surface area contributed by atoms with Crippen LogP contribution >= 0.6 is 0 Å². The molecule has 20 heavy (non-hydrogen) atoms. The molecule has 6 heteroatoms. The Bertz CT molecular complexity index is 517. The smallest absolute Gasteiger partial charge is 0.328 e. The summed E-state index contributed by atoms with van der Waals surface area (Å²) in [7, 11) is 1.20. The van der Waals surface area contributed by atoms with E-state index in [1.54, 1.807) is 0 Å². The highest BCUT2D eigenvalue weighted by Gasteiger charge is 2.20. The van der Waals surface area contributed by atoms with Crippen molar-refractivity contribution in [2.75, 3.05) is 7.11 Å². The van der Waals surface area contributed by atoms with Crippen LogP contribution < -0.4 is 5.32 Å². The maximum absolute atomic E-state index is 13.4. The van der Waals surface area contributed by atoms with E-state index in [4.69, 9.17) is 0 Å². The van der Waals surface area contributed by atoms with Crippen molar-refractivity contribution in [1.82, 2.24) is 5.32 Å². The summed E-state index contributed by atoms with van der Waals surface area (Å²) in [5.74, 6) is -2.70. The Morgan fingerprint density at radius 1 is 1.45 bits per heavy atom. The van der Waals surface area contributed by atoms with Gasteiger partial charge in [-0.1, -0.05) is 12.1 Å². The second-order valence-corrected chi connectivity index (χ2v) is 4.08. The zero-order valence-corrected chi connectivity index (χ0v) is 11.0. The zero-order valence-electron chi connectivity index (χ0n) is 11.0. The van der Waals surface area contributed by atoms with Gasteiger partial charge in [-0.25, -0.2) is 13.6 Å². The average molecular weight is 283 g/mol. The third kappa shape index (κ3) is 4.46. The zero-order chi connectivity index (χ0) is 15.1. The molecule has 0 bridgehead atoms. The van der Waals surface area contributed by atoms with Gasteiger partial charge in [0.15, 0.2) is 0 Å². The molecule has 0 aliphatic heterocycles.